The Kier molecular flexibility index (Phi) is 5.31. The van der Waals surface area contributed by atoms with E-state index in [-0.39, 0.29) is 34.2 Å². The molecule has 1 aliphatic rings. The zero-order chi connectivity index (χ0) is 22.3. The number of aromatic nitrogens is 1. The molecule has 2 heterocycles. The molecule has 3 rings (SSSR count). The second-order valence-corrected chi connectivity index (χ2v) is 8.57. The van der Waals surface area contributed by atoms with Gasteiger partial charge in [0.1, 0.15) is 35.0 Å². The number of hydrogen-bond acceptors (Lipinski definition) is 6. The number of fused-ring (bicyclic) bond motifs is 1. The first-order chi connectivity index (χ1) is 14.0. The molecule has 0 aliphatic carbocycles. The highest BCUT2D eigenvalue weighted by Gasteiger charge is 2.43. The molecule has 0 spiro atoms. The summed E-state index contributed by atoms with van der Waals surface area (Å²) in [5.41, 5.74) is -1.78. The smallest absolute Gasteiger partial charge is 0.276 e. The largest absolute Gasteiger partial charge is 0.488 e. The molecule has 156 valence electrons. The van der Waals surface area contributed by atoms with Gasteiger partial charge in [-0.2, -0.15) is 9.98 Å². The van der Waals surface area contributed by atoms with Crippen molar-refractivity contribution in [3.63, 3.8) is 0 Å². The van der Waals surface area contributed by atoms with Crippen molar-refractivity contribution < 1.29 is 27.4 Å². The van der Waals surface area contributed by atoms with E-state index in [9.17, 15) is 22.7 Å². The Morgan fingerprint density at radius 3 is 2.87 bits per heavy atom. The average molecular weight is 432 g/mol. The minimum atomic E-state index is -4.19. The Hall–Kier alpha value is -3.38. The van der Waals surface area contributed by atoms with Crippen LogP contribution < -0.4 is 14.8 Å². The quantitative estimate of drug-likeness (QED) is 0.612. The highest BCUT2D eigenvalue weighted by atomic mass is 32.2. The Balaban J connectivity index is 2.01. The predicted octanol–water partition coefficient (Wildman–Crippen LogP) is 0.712. The molecular weight excluding hydrogens is 415 g/mol. The molecule has 1 aromatic carbocycles. The first-order valence-corrected chi connectivity index (χ1v) is 10.0. The molecule has 30 heavy (non-hydrogen) atoms. The van der Waals surface area contributed by atoms with Crippen LogP contribution in [0.5, 0.6) is 5.75 Å². The minimum Gasteiger partial charge on any atom is -0.488 e. The van der Waals surface area contributed by atoms with E-state index in [1.807, 2.05) is 0 Å². The number of aliphatic hydroxyl groups excluding tert-OH is 1. The number of hydrogen-bond donors (Lipinski definition) is 3. The molecule has 9 nitrogen and oxygen atoms in total. The van der Waals surface area contributed by atoms with Gasteiger partial charge in [0.15, 0.2) is 11.4 Å². The number of anilines is 1. The molecule has 0 unspecified atom stereocenters. The maximum atomic E-state index is 13.5. The molecule has 1 aliphatic heterocycles. The molecule has 11 heteroatoms. The lowest BCUT2D eigenvalue weighted by molar-refractivity contribution is 0.0898. The molecule has 2 aromatic rings. The van der Waals surface area contributed by atoms with Crippen LogP contribution in [-0.4, -0.2) is 42.2 Å². The first kappa shape index (κ1) is 21.3. The van der Waals surface area contributed by atoms with Crippen LogP contribution in [0.3, 0.4) is 0 Å². The number of nitrogens with zero attached hydrogens (tertiary/aromatic N) is 2. The van der Waals surface area contributed by atoms with Crippen molar-refractivity contribution in [1.82, 2.24) is 9.29 Å². The Morgan fingerprint density at radius 1 is 1.53 bits per heavy atom. The van der Waals surface area contributed by atoms with Gasteiger partial charge in [-0.3, -0.25) is 4.79 Å². The molecule has 0 fully saturated rings. The zero-order valence-electron chi connectivity index (χ0n) is 15.9. The normalized spacial score (nSPS) is 20.6. The number of amides is 1. The standard InChI is InChI=1S/C19H17FN4O5S/c1-4-15(25)19(2)10-29-17-14(30(27,28)23-19)9-24(3)16(17)18(26)22-12-5-6-13(20)11(7-12)8-21/h1,5-7,9,15,23,25H,10H2,2-3H3,(H,22,26)/t15-,19+/m0/s1. The van der Waals surface area contributed by atoms with Crippen LogP contribution in [0.4, 0.5) is 10.1 Å². The molecule has 1 aromatic heterocycles. The molecule has 1 amide bonds. The monoisotopic (exact) mass is 432 g/mol. The number of carbonyl (C=O) groups excluding carboxylic acids is 1. The number of nitriles is 1. The molecule has 0 saturated heterocycles. The van der Waals surface area contributed by atoms with Crippen LogP contribution in [0.15, 0.2) is 29.3 Å². The lowest BCUT2D eigenvalue weighted by Gasteiger charge is -2.29. The number of benzene rings is 1. The molecule has 3 N–H and O–H groups in total. The summed E-state index contributed by atoms with van der Waals surface area (Å²) >= 11 is 0. The number of sulfonamides is 1. The summed E-state index contributed by atoms with van der Waals surface area (Å²) in [6.45, 7) is 1.03. The van der Waals surface area contributed by atoms with Crippen molar-refractivity contribution in [1.29, 1.82) is 5.26 Å². The summed E-state index contributed by atoms with van der Waals surface area (Å²) in [6.07, 6.45) is 4.93. The van der Waals surface area contributed by atoms with Crippen LogP contribution in [0.1, 0.15) is 23.0 Å². The van der Waals surface area contributed by atoms with Crippen LogP contribution in [0.2, 0.25) is 0 Å². The highest BCUT2D eigenvalue weighted by molar-refractivity contribution is 7.89. The topological polar surface area (TPSA) is 133 Å². The van der Waals surface area contributed by atoms with Gasteiger partial charge in [0, 0.05) is 18.9 Å². The maximum Gasteiger partial charge on any atom is 0.276 e. The van der Waals surface area contributed by atoms with Gasteiger partial charge < -0.3 is 19.7 Å². The minimum absolute atomic E-state index is 0.127. The van der Waals surface area contributed by atoms with Gasteiger partial charge in [-0.15, -0.1) is 6.42 Å². The van der Waals surface area contributed by atoms with Crippen molar-refractivity contribution in [2.24, 2.45) is 7.05 Å². The van der Waals surface area contributed by atoms with Gasteiger partial charge >= 0.3 is 0 Å². The number of terminal acetylenes is 1. The lowest BCUT2D eigenvalue weighted by atomic mass is 9.98. The third kappa shape index (κ3) is 3.62. The van der Waals surface area contributed by atoms with Crippen molar-refractivity contribution in [3.05, 3.63) is 41.5 Å². The van der Waals surface area contributed by atoms with E-state index in [0.29, 0.717) is 0 Å². The van der Waals surface area contributed by atoms with Crippen molar-refractivity contribution in [2.75, 3.05) is 11.9 Å². The summed E-state index contributed by atoms with van der Waals surface area (Å²) in [5, 5.41) is 21.4. The number of aliphatic hydroxyl groups is 1. The average Bonchev–Trinajstić information content (AvgIpc) is 2.99. The predicted molar refractivity (Wildman–Crippen MR) is 104 cm³/mol. The van der Waals surface area contributed by atoms with Crippen LogP contribution >= 0.6 is 0 Å². The van der Waals surface area contributed by atoms with E-state index in [1.165, 1.54) is 30.8 Å². The number of halogens is 1. The Labute approximate surface area is 172 Å². The maximum absolute atomic E-state index is 13.5. The SMILES string of the molecule is C#C[C@H](O)[C@@]1(C)COc2c(cn(C)c2C(=O)Nc2ccc(F)c(C#N)c2)S(=O)(=O)N1. The summed E-state index contributed by atoms with van der Waals surface area (Å²) in [6, 6.07) is 5.10. The number of ether oxygens (including phenoxy) is 1. The van der Waals surface area contributed by atoms with E-state index in [4.69, 9.17) is 16.4 Å². The van der Waals surface area contributed by atoms with Gasteiger partial charge in [-0.05, 0) is 25.1 Å². The molecule has 2 atom stereocenters. The van der Waals surface area contributed by atoms with Gasteiger partial charge in [-0.1, -0.05) is 5.92 Å². The second-order valence-electron chi connectivity index (χ2n) is 6.92. The molecule has 0 bridgehead atoms. The zero-order valence-corrected chi connectivity index (χ0v) is 16.7. The third-order valence-corrected chi connectivity index (χ3v) is 6.20. The number of nitrogens with one attached hydrogen (secondary N) is 2. The highest BCUT2D eigenvalue weighted by Crippen LogP contribution is 2.35. The summed E-state index contributed by atoms with van der Waals surface area (Å²) < 4.78 is 48.3. The second kappa shape index (κ2) is 7.46. The fourth-order valence-corrected chi connectivity index (χ4v) is 4.57. The van der Waals surface area contributed by atoms with E-state index in [2.05, 4.69) is 16.0 Å². The summed E-state index contributed by atoms with van der Waals surface area (Å²) in [7, 11) is -2.74. The number of rotatable bonds is 3. The van der Waals surface area contributed by atoms with E-state index in [0.717, 1.165) is 12.1 Å². The van der Waals surface area contributed by atoms with Crippen molar-refractivity contribution in [2.45, 2.75) is 23.5 Å². The fraction of sp³-hybridized carbons (Fsp3) is 0.263. The molecular formula is C19H17FN4O5S. The fourth-order valence-electron chi connectivity index (χ4n) is 2.98. The Morgan fingerprint density at radius 2 is 2.23 bits per heavy atom. The molecule has 0 radical (unpaired) electrons. The van der Waals surface area contributed by atoms with Crippen LogP contribution in [-0.2, 0) is 17.1 Å². The third-order valence-electron chi connectivity index (χ3n) is 4.60. The Bertz CT molecular complexity index is 1220. The van der Waals surface area contributed by atoms with Gasteiger partial charge in [0.25, 0.3) is 5.91 Å². The van der Waals surface area contributed by atoms with E-state index < -0.39 is 33.4 Å². The first-order valence-electron chi connectivity index (χ1n) is 8.53. The van der Waals surface area contributed by atoms with E-state index >= 15 is 0 Å². The van der Waals surface area contributed by atoms with Crippen molar-refractivity contribution in [3.8, 4) is 24.2 Å². The number of carbonyl (C=O) groups is 1. The van der Waals surface area contributed by atoms with Gasteiger partial charge in [-0.25, -0.2) is 12.8 Å². The van der Waals surface area contributed by atoms with Gasteiger partial charge in [0.2, 0.25) is 10.0 Å². The number of aryl methyl sites for hydroxylation is 1. The van der Waals surface area contributed by atoms with Crippen LogP contribution in [0.25, 0.3) is 0 Å². The van der Waals surface area contributed by atoms with E-state index in [1.54, 1.807) is 6.07 Å². The molecule has 0 saturated carbocycles. The lowest BCUT2D eigenvalue weighted by Crippen LogP contribution is -2.56. The van der Waals surface area contributed by atoms with Crippen LogP contribution in [0, 0.1) is 29.5 Å². The van der Waals surface area contributed by atoms with Crippen molar-refractivity contribution >= 4 is 21.6 Å². The van der Waals surface area contributed by atoms with Gasteiger partial charge in [0.05, 0.1) is 5.56 Å². The summed E-state index contributed by atoms with van der Waals surface area (Å²) in [5.74, 6) is 0.354. The summed E-state index contributed by atoms with van der Waals surface area (Å²) in [4.78, 5) is 12.5.